The summed E-state index contributed by atoms with van der Waals surface area (Å²) in [6.45, 7) is 5.49. The van der Waals surface area contributed by atoms with Crippen LogP contribution in [0.1, 0.15) is 5.69 Å². The van der Waals surface area contributed by atoms with Crippen molar-refractivity contribution in [2.24, 2.45) is 0 Å². The molecule has 2 heterocycles. The number of ether oxygens (including phenoxy) is 3. The predicted molar refractivity (Wildman–Crippen MR) is 87.1 cm³/mol. The van der Waals surface area contributed by atoms with Crippen molar-refractivity contribution in [1.29, 1.82) is 0 Å². The van der Waals surface area contributed by atoms with Crippen LogP contribution < -0.4 is 14.4 Å². The maximum Gasteiger partial charge on any atom is 0.161 e. The van der Waals surface area contributed by atoms with Gasteiger partial charge >= 0.3 is 0 Å². The van der Waals surface area contributed by atoms with Gasteiger partial charge < -0.3 is 24.1 Å². The van der Waals surface area contributed by atoms with E-state index in [4.69, 9.17) is 14.2 Å². The SMILES string of the molecule is COc1ccc(-c2c[nH]c(C)c2N2CCOCC2)cc1OC. The Labute approximate surface area is 130 Å². The fraction of sp³-hybridized carbons (Fsp3) is 0.412. The minimum Gasteiger partial charge on any atom is -0.493 e. The van der Waals surface area contributed by atoms with Crippen LogP contribution in [-0.2, 0) is 4.74 Å². The molecule has 1 aliphatic heterocycles. The van der Waals surface area contributed by atoms with E-state index in [1.807, 2.05) is 12.1 Å². The highest BCUT2D eigenvalue weighted by Crippen LogP contribution is 2.38. The van der Waals surface area contributed by atoms with Crippen molar-refractivity contribution < 1.29 is 14.2 Å². The fourth-order valence-corrected chi connectivity index (χ4v) is 2.94. The lowest BCUT2D eigenvalue weighted by Gasteiger charge is -2.30. The second kappa shape index (κ2) is 6.32. The summed E-state index contributed by atoms with van der Waals surface area (Å²) in [5.41, 5.74) is 4.71. The van der Waals surface area contributed by atoms with Crippen LogP contribution in [0.15, 0.2) is 24.4 Å². The molecule has 1 aliphatic rings. The number of nitrogens with one attached hydrogen (secondary N) is 1. The second-order valence-corrected chi connectivity index (χ2v) is 5.35. The maximum atomic E-state index is 5.46. The molecule has 0 radical (unpaired) electrons. The van der Waals surface area contributed by atoms with Crippen molar-refractivity contribution in [3.8, 4) is 22.6 Å². The van der Waals surface area contributed by atoms with Crippen molar-refractivity contribution >= 4 is 5.69 Å². The Kier molecular flexibility index (Phi) is 4.24. The van der Waals surface area contributed by atoms with Crippen LogP contribution in [-0.4, -0.2) is 45.5 Å². The number of methoxy groups -OCH3 is 2. The lowest BCUT2D eigenvalue weighted by atomic mass is 10.1. The van der Waals surface area contributed by atoms with Crippen LogP contribution in [0, 0.1) is 6.92 Å². The molecular weight excluding hydrogens is 280 g/mol. The van der Waals surface area contributed by atoms with E-state index in [-0.39, 0.29) is 0 Å². The van der Waals surface area contributed by atoms with Gasteiger partial charge in [-0.1, -0.05) is 6.07 Å². The summed E-state index contributed by atoms with van der Waals surface area (Å²) >= 11 is 0. The van der Waals surface area contributed by atoms with E-state index in [9.17, 15) is 0 Å². The molecule has 0 spiro atoms. The average Bonchev–Trinajstić information content (AvgIpc) is 2.96. The standard InChI is InChI=1S/C17H22N2O3/c1-12-17(19-6-8-22-9-7-19)14(11-18-12)13-4-5-15(20-2)16(10-13)21-3/h4-5,10-11,18H,6-9H2,1-3H3. The molecule has 1 N–H and O–H groups in total. The average molecular weight is 302 g/mol. The molecule has 0 amide bonds. The predicted octanol–water partition coefficient (Wildman–Crippen LogP) is 2.84. The molecule has 5 nitrogen and oxygen atoms in total. The first-order valence-corrected chi connectivity index (χ1v) is 7.47. The number of nitrogens with zero attached hydrogens (tertiary/aromatic N) is 1. The van der Waals surface area contributed by atoms with Crippen LogP contribution in [0.4, 0.5) is 5.69 Å². The number of H-pyrrole nitrogens is 1. The molecule has 1 aromatic heterocycles. The van der Waals surface area contributed by atoms with Gasteiger partial charge in [-0.25, -0.2) is 0 Å². The lowest BCUT2D eigenvalue weighted by Crippen LogP contribution is -2.36. The smallest absolute Gasteiger partial charge is 0.161 e. The van der Waals surface area contributed by atoms with E-state index in [0.29, 0.717) is 0 Å². The van der Waals surface area contributed by atoms with Crippen molar-refractivity contribution in [2.75, 3.05) is 45.4 Å². The van der Waals surface area contributed by atoms with Crippen LogP contribution in [0.2, 0.25) is 0 Å². The first-order valence-electron chi connectivity index (χ1n) is 7.47. The summed E-state index contributed by atoms with van der Waals surface area (Å²) in [5, 5.41) is 0. The first kappa shape index (κ1) is 14.8. The minimum atomic E-state index is 0.742. The van der Waals surface area contributed by atoms with Gasteiger partial charge in [-0.15, -0.1) is 0 Å². The Morgan fingerprint density at radius 3 is 2.50 bits per heavy atom. The van der Waals surface area contributed by atoms with Crippen molar-refractivity contribution in [3.63, 3.8) is 0 Å². The molecule has 0 aliphatic carbocycles. The number of hydrogen-bond donors (Lipinski definition) is 1. The molecule has 1 fully saturated rings. The Hall–Kier alpha value is -2.14. The summed E-state index contributed by atoms with van der Waals surface area (Å²) in [5.74, 6) is 1.48. The largest absolute Gasteiger partial charge is 0.493 e. The van der Waals surface area contributed by atoms with E-state index in [1.54, 1.807) is 14.2 Å². The van der Waals surface area contributed by atoms with Crippen LogP contribution in [0.25, 0.3) is 11.1 Å². The molecule has 5 heteroatoms. The van der Waals surface area contributed by atoms with Gasteiger partial charge in [0.15, 0.2) is 11.5 Å². The first-order chi connectivity index (χ1) is 10.7. The Morgan fingerprint density at radius 2 is 1.82 bits per heavy atom. The number of aryl methyl sites for hydroxylation is 1. The van der Waals surface area contributed by atoms with Crippen LogP contribution >= 0.6 is 0 Å². The minimum absolute atomic E-state index is 0.742. The molecule has 3 rings (SSSR count). The van der Waals surface area contributed by atoms with Crippen molar-refractivity contribution in [2.45, 2.75) is 6.92 Å². The summed E-state index contributed by atoms with van der Waals surface area (Å²) in [4.78, 5) is 5.72. The molecular formula is C17H22N2O3. The molecule has 118 valence electrons. The molecule has 2 aromatic rings. The number of aromatic nitrogens is 1. The van der Waals surface area contributed by atoms with E-state index in [1.165, 1.54) is 16.9 Å². The number of morpholine rings is 1. The zero-order valence-electron chi connectivity index (χ0n) is 13.3. The quantitative estimate of drug-likeness (QED) is 0.943. The zero-order valence-corrected chi connectivity index (χ0v) is 13.3. The third-order valence-corrected chi connectivity index (χ3v) is 4.07. The van der Waals surface area contributed by atoms with Gasteiger partial charge in [0.2, 0.25) is 0 Å². The van der Waals surface area contributed by atoms with E-state index >= 15 is 0 Å². The number of benzene rings is 1. The van der Waals surface area contributed by atoms with E-state index in [0.717, 1.165) is 43.4 Å². The molecule has 22 heavy (non-hydrogen) atoms. The van der Waals surface area contributed by atoms with Gasteiger partial charge in [-0.05, 0) is 24.6 Å². The summed E-state index contributed by atoms with van der Waals surface area (Å²) in [7, 11) is 3.31. The van der Waals surface area contributed by atoms with Gasteiger partial charge in [-0.3, -0.25) is 0 Å². The lowest BCUT2D eigenvalue weighted by molar-refractivity contribution is 0.122. The zero-order chi connectivity index (χ0) is 15.5. The van der Waals surface area contributed by atoms with Crippen LogP contribution in [0.5, 0.6) is 11.5 Å². The third kappa shape index (κ3) is 2.64. The highest BCUT2D eigenvalue weighted by atomic mass is 16.5. The number of aromatic amines is 1. The van der Waals surface area contributed by atoms with Crippen molar-refractivity contribution in [3.05, 3.63) is 30.1 Å². The van der Waals surface area contributed by atoms with Crippen molar-refractivity contribution in [1.82, 2.24) is 4.98 Å². The Bertz CT molecular complexity index is 645. The molecule has 0 bridgehead atoms. The molecule has 0 saturated carbocycles. The monoisotopic (exact) mass is 302 g/mol. The molecule has 0 atom stereocenters. The summed E-state index contributed by atoms with van der Waals surface area (Å²) < 4.78 is 16.2. The second-order valence-electron chi connectivity index (χ2n) is 5.35. The Balaban J connectivity index is 2.01. The summed E-state index contributed by atoms with van der Waals surface area (Å²) in [6, 6.07) is 6.03. The van der Waals surface area contributed by atoms with Crippen LogP contribution in [0.3, 0.4) is 0 Å². The topological polar surface area (TPSA) is 46.7 Å². The van der Waals surface area contributed by atoms with Gasteiger partial charge in [0.1, 0.15) is 0 Å². The maximum absolute atomic E-state index is 5.46. The highest BCUT2D eigenvalue weighted by Gasteiger charge is 2.20. The normalized spacial score (nSPS) is 15.0. The molecule has 0 unspecified atom stereocenters. The van der Waals surface area contributed by atoms with Gasteiger partial charge in [-0.2, -0.15) is 0 Å². The molecule has 1 saturated heterocycles. The van der Waals surface area contributed by atoms with E-state index in [2.05, 4.69) is 29.1 Å². The van der Waals surface area contributed by atoms with Gasteiger partial charge in [0, 0.05) is 30.5 Å². The van der Waals surface area contributed by atoms with Gasteiger partial charge in [0.25, 0.3) is 0 Å². The molecule has 1 aromatic carbocycles. The Morgan fingerprint density at radius 1 is 1.09 bits per heavy atom. The fourth-order valence-electron chi connectivity index (χ4n) is 2.94. The van der Waals surface area contributed by atoms with Gasteiger partial charge in [0.05, 0.1) is 33.1 Å². The number of rotatable bonds is 4. The summed E-state index contributed by atoms with van der Waals surface area (Å²) in [6.07, 6.45) is 2.06. The number of hydrogen-bond acceptors (Lipinski definition) is 4. The highest BCUT2D eigenvalue weighted by molar-refractivity contribution is 5.81. The third-order valence-electron chi connectivity index (χ3n) is 4.07. The van der Waals surface area contributed by atoms with E-state index < -0.39 is 0 Å². The number of anilines is 1.